The molecule has 0 atom stereocenters. The summed E-state index contributed by atoms with van der Waals surface area (Å²) >= 11 is 9.55. The van der Waals surface area contributed by atoms with Gasteiger partial charge >= 0.3 is 5.97 Å². The summed E-state index contributed by atoms with van der Waals surface area (Å²) in [6.07, 6.45) is 1.63. The van der Waals surface area contributed by atoms with Gasteiger partial charge < -0.3 is 9.52 Å². The topological polar surface area (TPSA) is 74.2 Å². The molecule has 0 aliphatic carbocycles. The molecule has 1 heterocycles. The van der Waals surface area contributed by atoms with E-state index in [9.17, 15) is 10.1 Å². The molecule has 1 N–H and O–H groups in total. The van der Waals surface area contributed by atoms with Crippen LogP contribution in [0.25, 0.3) is 23.0 Å². The first-order valence-electron chi connectivity index (χ1n) is 7.48. The number of halogens is 2. The van der Waals surface area contributed by atoms with Crippen LogP contribution in [0.15, 0.2) is 63.5 Å². The SMILES string of the molecule is N#CC(=Cc1ccc(-c2cc(C(=O)O)ccc2Cl)o1)c1cccc(Br)c1. The lowest BCUT2D eigenvalue weighted by atomic mass is 10.1. The van der Waals surface area contributed by atoms with Crippen LogP contribution in [-0.2, 0) is 0 Å². The number of nitrogens with zero attached hydrogens (tertiary/aromatic N) is 1. The summed E-state index contributed by atoms with van der Waals surface area (Å²) in [5.74, 6) is -0.153. The fraction of sp³-hybridized carbons (Fsp3) is 0. The van der Waals surface area contributed by atoms with E-state index in [-0.39, 0.29) is 5.56 Å². The number of hydrogen-bond donors (Lipinski definition) is 1. The summed E-state index contributed by atoms with van der Waals surface area (Å²) in [5, 5.41) is 18.9. The average molecular weight is 429 g/mol. The Morgan fingerprint density at radius 1 is 1.15 bits per heavy atom. The van der Waals surface area contributed by atoms with Crippen molar-refractivity contribution >= 4 is 45.1 Å². The van der Waals surface area contributed by atoms with E-state index in [4.69, 9.17) is 21.1 Å². The minimum atomic E-state index is -1.05. The predicted molar refractivity (Wildman–Crippen MR) is 104 cm³/mol. The molecule has 0 aliphatic rings. The van der Waals surface area contributed by atoms with Crippen LogP contribution in [0.3, 0.4) is 0 Å². The van der Waals surface area contributed by atoms with Gasteiger partial charge in [-0.25, -0.2) is 4.79 Å². The number of hydrogen-bond acceptors (Lipinski definition) is 3. The van der Waals surface area contributed by atoms with Crippen molar-refractivity contribution in [1.29, 1.82) is 5.26 Å². The lowest BCUT2D eigenvalue weighted by molar-refractivity contribution is 0.0697. The molecule has 128 valence electrons. The third-order valence-corrected chi connectivity index (χ3v) is 4.47. The number of carbonyl (C=O) groups is 1. The Morgan fingerprint density at radius 3 is 2.65 bits per heavy atom. The summed E-state index contributed by atoms with van der Waals surface area (Å²) in [6, 6.07) is 17.3. The van der Waals surface area contributed by atoms with Gasteiger partial charge in [0.25, 0.3) is 0 Å². The van der Waals surface area contributed by atoms with Gasteiger partial charge in [0, 0.05) is 10.0 Å². The minimum absolute atomic E-state index is 0.116. The van der Waals surface area contributed by atoms with Crippen molar-refractivity contribution < 1.29 is 14.3 Å². The Balaban J connectivity index is 1.99. The zero-order valence-corrected chi connectivity index (χ0v) is 15.6. The molecule has 0 radical (unpaired) electrons. The Kier molecular flexibility index (Phi) is 5.27. The Hall–Kier alpha value is -2.81. The number of rotatable bonds is 4. The fourth-order valence-electron chi connectivity index (χ4n) is 2.40. The van der Waals surface area contributed by atoms with E-state index >= 15 is 0 Å². The molecule has 1 aromatic heterocycles. The molecule has 0 aliphatic heterocycles. The molecular weight excluding hydrogens is 418 g/mol. The summed E-state index contributed by atoms with van der Waals surface area (Å²) in [5.41, 5.74) is 1.79. The van der Waals surface area contributed by atoms with Crippen LogP contribution in [0.5, 0.6) is 0 Å². The highest BCUT2D eigenvalue weighted by Gasteiger charge is 2.12. The fourth-order valence-corrected chi connectivity index (χ4v) is 3.01. The second-order valence-electron chi connectivity index (χ2n) is 5.38. The summed E-state index contributed by atoms with van der Waals surface area (Å²) < 4.78 is 6.62. The smallest absolute Gasteiger partial charge is 0.335 e. The molecule has 4 nitrogen and oxygen atoms in total. The summed E-state index contributed by atoms with van der Waals surface area (Å²) in [7, 11) is 0. The van der Waals surface area contributed by atoms with Crippen molar-refractivity contribution in [3.63, 3.8) is 0 Å². The molecule has 2 aromatic carbocycles. The van der Waals surface area contributed by atoms with Gasteiger partial charge in [-0.15, -0.1) is 0 Å². The molecule has 3 aromatic rings. The summed E-state index contributed by atoms with van der Waals surface area (Å²) in [6.45, 7) is 0. The first kappa shape index (κ1) is 18.0. The van der Waals surface area contributed by atoms with Gasteiger partial charge in [0.2, 0.25) is 0 Å². The molecule has 0 spiro atoms. The first-order valence-corrected chi connectivity index (χ1v) is 8.66. The van der Waals surface area contributed by atoms with Gasteiger partial charge in [-0.05, 0) is 54.1 Å². The minimum Gasteiger partial charge on any atom is -0.478 e. The van der Waals surface area contributed by atoms with Crippen molar-refractivity contribution in [2.24, 2.45) is 0 Å². The number of carboxylic acids is 1. The molecular formula is C20H11BrClNO3. The third-order valence-electron chi connectivity index (χ3n) is 3.65. The van der Waals surface area contributed by atoms with Gasteiger partial charge in [0.15, 0.2) is 0 Å². The maximum absolute atomic E-state index is 11.1. The maximum atomic E-state index is 11.1. The quantitative estimate of drug-likeness (QED) is 0.508. The molecule has 0 bridgehead atoms. The molecule has 0 amide bonds. The number of nitriles is 1. The van der Waals surface area contributed by atoms with Crippen molar-refractivity contribution in [2.45, 2.75) is 0 Å². The van der Waals surface area contributed by atoms with Gasteiger partial charge in [0.1, 0.15) is 11.5 Å². The molecule has 6 heteroatoms. The van der Waals surface area contributed by atoms with E-state index in [1.165, 1.54) is 18.2 Å². The zero-order valence-electron chi connectivity index (χ0n) is 13.2. The highest BCUT2D eigenvalue weighted by molar-refractivity contribution is 9.10. The van der Waals surface area contributed by atoms with Crippen molar-refractivity contribution in [3.05, 3.63) is 81.0 Å². The van der Waals surface area contributed by atoms with Crippen LogP contribution in [0, 0.1) is 11.3 Å². The largest absolute Gasteiger partial charge is 0.478 e. The Morgan fingerprint density at radius 2 is 1.96 bits per heavy atom. The first-order chi connectivity index (χ1) is 12.5. The van der Waals surface area contributed by atoms with Gasteiger partial charge in [0.05, 0.1) is 22.2 Å². The zero-order chi connectivity index (χ0) is 18.7. The van der Waals surface area contributed by atoms with Gasteiger partial charge in [-0.1, -0.05) is 39.7 Å². The third kappa shape index (κ3) is 3.88. The van der Waals surface area contributed by atoms with E-state index in [0.717, 1.165) is 10.0 Å². The van der Waals surface area contributed by atoms with Crippen molar-refractivity contribution in [2.75, 3.05) is 0 Å². The normalized spacial score (nSPS) is 11.2. The monoisotopic (exact) mass is 427 g/mol. The summed E-state index contributed by atoms with van der Waals surface area (Å²) in [4.78, 5) is 11.1. The number of benzene rings is 2. The van der Waals surface area contributed by atoms with E-state index < -0.39 is 5.97 Å². The molecule has 0 fully saturated rings. The van der Waals surface area contributed by atoms with E-state index in [1.54, 1.807) is 18.2 Å². The molecule has 0 saturated heterocycles. The van der Waals surface area contributed by atoms with Gasteiger partial charge in [-0.3, -0.25) is 0 Å². The lowest BCUT2D eigenvalue weighted by Gasteiger charge is -2.03. The number of allylic oxidation sites excluding steroid dienone is 1. The maximum Gasteiger partial charge on any atom is 0.335 e. The lowest BCUT2D eigenvalue weighted by Crippen LogP contribution is -1.96. The van der Waals surface area contributed by atoms with Crippen molar-refractivity contribution in [1.82, 2.24) is 0 Å². The van der Waals surface area contributed by atoms with Crippen molar-refractivity contribution in [3.8, 4) is 17.4 Å². The Bertz CT molecular complexity index is 1060. The van der Waals surface area contributed by atoms with Crippen LogP contribution in [0.4, 0.5) is 0 Å². The van der Waals surface area contributed by atoms with E-state index in [0.29, 0.717) is 27.7 Å². The standard InChI is InChI=1S/C20H11BrClNO3/c21-15-3-1-2-12(8-15)14(11-23)9-16-5-7-19(26-16)17-10-13(20(24)25)4-6-18(17)22/h1-10H,(H,24,25). The molecule has 0 saturated carbocycles. The second kappa shape index (κ2) is 7.61. The predicted octanol–water partition coefficient (Wildman–Crippen LogP) is 6.12. The molecule has 26 heavy (non-hydrogen) atoms. The highest BCUT2D eigenvalue weighted by atomic mass is 79.9. The van der Waals surface area contributed by atoms with Crippen LogP contribution in [-0.4, -0.2) is 11.1 Å². The highest BCUT2D eigenvalue weighted by Crippen LogP contribution is 2.31. The van der Waals surface area contributed by atoms with Gasteiger partial charge in [-0.2, -0.15) is 5.26 Å². The van der Waals surface area contributed by atoms with E-state index in [2.05, 4.69) is 22.0 Å². The van der Waals surface area contributed by atoms with Crippen LogP contribution >= 0.6 is 27.5 Å². The van der Waals surface area contributed by atoms with E-state index in [1.807, 2.05) is 24.3 Å². The second-order valence-corrected chi connectivity index (χ2v) is 6.70. The van der Waals surface area contributed by atoms with Crippen LogP contribution in [0.1, 0.15) is 21.7 Å². The number of carboxylic acid groups (broad SMARTS) is 1. The Labute approximate surface area is 163 Å². The van der Waals surface area contributed by atoms with Crippen LogP contribution < -0.4 is 0 Å². The average Bonchev–Trinajstić information content (AvgIpc) is 3.08. The number of aromatic carboxylic acids is 1. The number of furan rings is 1. The van der Waals surface area contributed by atoms with Crippen LogP contribution in [0.2, 0.25) is 5.02 Å². The molecule has 0 unspecified atom stereocenters. The molecule has 3 rings (SSSR count).